The van der Waals surface area contributed by atoms with Gasteiger partial charge in [-0.1, -0.05) is 93.9 Å². The third-order valence-corrected chi connectivity index (χ3v) is 6.56. The lowest BCUT2D eigenvalue weighted by Crippen LogP contribution is -2.38. The molecule has 4 aromatic rings. The summed E-state index contributed by atoms with van der Waals surface area (Å²) in [7, 11) is 0. The molecule has 0 saturated carbocycles. The molecule has 0 spiro atoms. The van der Waals surface area contributed by atoms with Gasteiger partial charge in [0.15, 0.2) is 0 Å². The Morgan fingerprint density at radius 1 is 0.947 bits per heavy atom. The van der Waals surface area contributed by atoms with E-state index in [0.29, 0.717) is 34.3 Å². The maximum Gasteiger partial charge on any atom is 0.254 e. The number of nitrogens with zero attached hydrogens (tertiary/aromatic N) is 3. The van der Waals surface area contributed by atoms with Crippen LogP contribution in [0.1, 0.15) is 50.0 Å². The van der Waals surface area contributed by atoms with Gasteiger partial charge in [-0.15, -0.1) is 0 Å². The first-order valence-electron chi connectivity index (χ1n) is 12.8. The van der Waals surface area contributed by atoms with E-state index >= 15 is 0 Å². The molecule has 0 saturated heterocycles. The summed E-state index contributed by atoms with van der Waals surface area (Å²) in [6.07, 6.45) is 0.731. The van der Waals surface area contributed by atoms with Crippen LogP contribution in [0, 0.1) is 0 Å². The van der Waals surface area contributed by atoms with Gasteiger partial charge in [-0.3, -0.25) is 9.59 Å². The van der Waals surface area contributed by atoms with E-state index in [-0.39, 0.29) is 23.8 Å². The molecule has 0 bridgehead atoms. The maximum atomic E-state index is 13.3. The van der Waals surface area contributed by atoms with E-state index in [4.69, 9.17) is 16.7 Å². The summed E-state index contributed by atoms with van der Waals surface area (Å²) in [6, 6.07) is 26.5. The molecule has 0 aliphatic rings. The van der Waals surface area contributed by atoms with E-state index in [1.54, 1.807) is 15.6 Å². The van der Waals surface area contributed by atoms with Gasteiger partial charge in [-0.25, -0.2) is 4.68 Å². The third-order valence-electron chi connectivity index (χ3n) is 6.24. The van der Waals surface area contributed by atoms with Crippen molar-refractivity contribution in [2.75, 3.05) is 18.4 Å². The Bertz CT molecular complexity index is 1410. The molecule has 1 N–H and O–H groups in total. The SMILES string of the molecule is CCCN(CC(=O)Nc1cc(-c2ccccc2)nn1-c1ccccc1Cl)C(=O)c1ccc(C(C)(C)C)cc1. The van der Waals surface area contributed by atoms with Gasteiger partial charge in [0, 0.05) is 23.7 Å². The fraction of sp³-hybridized carbons (Fsp3) is 0.258. The van der Waals surface area contributed by atoms with Gasteiger partial charge in [0.05, 0.1) is 16.4 Å². The van der Waals surface area contributed by atoms with Crippen molar-refractivity contribution in [3.63, 3.8) is 0 Å². The van der Waals surface area contributed by atoms with Crippen molar-refractivity contribution in [3.05, 3.63) is 101 Å². The zero-order valence-electron chi connectivity index (χ0n) is 22.2. The number of anilines is 1. The molecule has 7 heteroatoms. The molecule has 0 atom stereocenters. The van der Waals surface area contributed by atoms with Crippen LogP contribution >= 0.6 is 11.6 Å². The van der Waals surface area contributed by atoms with Crippen LogP contribution in [0.15, 0.2) is 84.9 Å². The number of para-hydroxylation sites is 1. The van der Waals surface area contributed by atoms with Crippen molar-refractivity contribution in [1.82, 2.24) is 14.7 Å². The second-order valence-corrected chi connectivity index (χ2v) is 10.7. The number of benzene rings is 3. The molecule has 0 aliphatic heterocycles. The van der Waals surface area contributed by atoms with Gasteiger partial charge in [0.1, 0.15) is 12.4 Å². The molecule has 4 rings (SSSR count). The standard InChI is InChI=1S/C31H33ClN4O2/c1-5-19-35(30(38)23-15-17-24(18-16-23)31(2,3)4)21-29(37)33-28-20-26(22-11-7-6-8-12-22)34-36(28)27-14-10-9-13-25(27)32/h6-18,20H,5,19,21H2,1-4H3,(H,33,37). The molecule has 1 heterocycles. The molecular weight excluding hydrogens is 496 g/mol. The molecule has 0 unspecified atom stereocenters. The van der Waals surface area contributed by atoms with Crippen LogP contribution in [-0.4, -0.2) is 39.6 Å². The number of aromatic nitrogens is 2. The molecular formula is C31H33ClN4O2. The molecule has 0 radical (unpaired) electrons. The van der Waals surface area contributed by atoms with E-state index in [9.17, 15) is 9.59 Å². The van der Waals surface area contributed by atoms with Gasteiger partial charge in [0.2, 0.25) is 5.91 Å². The molecule has 2 amide bonds. The molecule has 0 fully saturated rings. The van der Waals surface area contributed by atoms with Crippen LogP contribution in [0.5, 0.6) is 0 Å². The Labute approximate surface area is 229 Å². The van der Waals surface area contributed by atoms with Crippen molar-refractivity contribution < 1.29 is 9.59 Å². The highest BCUT2D eigenvalue weighted by Crippen LogP contribution is 2.28. The Morgan fingerprint density at radius 2 is 1.61 bits per heavy atom. The lowest BCUT2D eigenvalue weighted by Gasteiger charge is -2.23. The molecule has 196 valence electrons. The Balaban J connectivity index is 1.58. The minimum atomic E-state index is -0.314. The molecule has 3 aromatic carbocycles. The van der Waals surface area contributed by atoms with Crippen LogP contribution in [0.4, 0.5) is 5.82 Å². The minimum absolute atomic E-state index is 0.00618. The fourth-order valence-corrected chi connectivity index (χ4v) is 4.42. The average Bonchev–Trinajstić information content (AvgIpc) is 3.31. The predicted molar refractivity (Wildman–Crippen MR) is 154 cm³/mol. The summed E-state index contributed by atoms with van der Waals surface area (Å²) in [6.45, 7) is 8.77. The van der Waals surface area contributed by atoms with Gasteiger partial charge in [-0.2, -0.15) is 5.10 Å². The summed E-state index contributed by atoms with van der Waals surface area (Å²) in [5.74, 6) is -0.0154. The zero-order chi connectivity index (χ0) is 27.3. The van der Waals surface area contributed by atoms with Crippen molar-refractivity contribution in [3.8, 4) is 16.9 Å². The Morgan fingerprint density at radius 3 is 2.24 bits per heavy atom. The first kappa shape index (κ1) is 27.1. The number of carbonyl (C=O) groups is 2. The van der Waals surface area contributed by atoms with E-state index in [1.807, 2.05) is 85.8 Å². The summed E-state index contributed by atoms with van der Waals surface area (Å²) in [5.41, 5.74) is 3.96. The Kier molecular flexibility index (Phi) is 8.32. The molecule has 0 aliphatic carbocycles. The summed E-state index contributed by atoms with van der Waals surface area (Å²) >= 11 is 6.47. The van der Waals surface area contributed by atoms with Crippen LogP contribution in [-0.2, 0) is 10.2 Å². The van der Waals surface area contributed by atoms with Gasteiger partial charge < -0.3 is 10.2 Å². The van der Waals surface area contributed by atoms with Crippen LogP contribution in [0.25, 0.3) is 16.9 Å². The first-order valence-corrected chi connectivity index (χ1v) is 13.1. The van der Waals surface area contributed by atoms with Crippen molar-refractivity contribution >= 4 is 29.2 Å². The highest BCUT2D eigenvalue weighted by molar-refractivity contribution is 6.32. The normalized spacial score (nSPS) is 11.3. The van der Waals surface area contributed by atoms with Crippen molar-refractivity contribution in [2.24, 2.45) is 0 Å². The van der Waals surface area contributed by atoms with Gasteiger partial charge in [-0.05, 0) is 41.7 Å². The van der Waals surface area contributed by atoms with Crippen LogP contribution in [0.3, 0.4) is 0 Å². The van der Waals surface area contributed by atoms with Crippen LogP contribution < -0.4 is 5.32 Å². The molecule has 6 nitrogen and oxygen atoms in total. The quantitative estimate of drug-likeness (QED) is 0.268. The molecule has 38 heavy (non-hydrogen) atoms. The van der Waals surface area contributed by atoms with E-state index in [2.05, 4.69) is 26.1 Å². The highest BCUT2D eigenvalue weighted by atomic mass is 35.5. The summed E-state index contributed by atoms with van der Waals surface area (Å²) < 4.78 is 1.62. The third kappa shape index (κ3) is 6.32. The first-order chi connectivity index (χ1) is 18.2. The highest BCUT2D eigenvalue weighted by Gasteiger charge is 2.22. The second-order valence-electron chi connectivity index (χ2n) is 10.2. The number of nitrogens with one attached hydrogen (secondary N) is 1. The lowest BCUT2D eigenvalue weighted by molar-refractivity contribution is -0.116. The number of carbonyl (C=O) groups excluding carboxylic acids is 2. The number of halogens is 1. The predicted octanol–water partition coefficient (Wildman–Crippen LogP) is 6.98. The fourth-order valence-electron chi connectivity index (χ4n) is 4.20. The second kappa shape index (κ2) is 11.7. The zero-order valence-corrected chi connectivity index (χ0v) is 23.0. The monoisotopic (exact) mass is 528 g/mol. The minimum Gasteiger partial charge on any atom is -0.329 e. The summed E-state index contributed by atoms with van der Waals surface area (Å²) in [4.78, 5) is 28.2. The topological polar surface area (TPSA) is 67.2 Å². The molecule has 1 aromatic heterocycles. The number of hydrogen-bond acceptors (Lipinski definition) is 3. The van der Waals surface area contributed by atoms with Gasteiger partial charge in [0.25, 0.3) is 5.91 Å². The average molecular weight is 529 g/mol. The largest absolute Gasteiger partial charge is 0.329 e. The van der Waals surface area contributed by atoms with Crippen molar-refractivity contribution in [2.45, 2.75) is 39.5 Å². The maximum absolute atomic E-state index is 13.3. The summed E-state index contributed by atoms with van der Waals surface area (Å²) in [5, 5.41) is 8.19. The van der Waals surface area contributed by atoms with Crippen molar-refractivity contribution in [1.29, 1.82) is 0 Å². The van der Waals surface area contributed by atoms with E-state index in [0.717, 1.165) is 17.5 Å². The van der Waals surface area contributed by atoms with Crippen LogP contribution in [0.2, 0.25) is 5.02 Å². The van der Waals surface area contributed by atoms with Gasteiger partial charge >= 0.3 is 0 Å². The number of amides is 2. The Hall–Kier alpha value is -3.90. The number of rotatable bonds is 8. The van der Waals surface area contributed by atoms with E-state index in [1.165, 1.54) is 0 Å². The van der Waals surface area contributed by atoms with E-state index < -0.39 is 0 Å². The lowest BCUT2D eigenvalue weighted by atomic mass is 9.86. The number of hydrogen-bond donors (Lipinski definition) is 1. The smallest absolute Gasteiger partial charge is 0.254 e.